The van der Waals surface area contributed by atoms with Crippen LogP contribution in [0.5, 0.6) is 0 Å². The van der Waals surface area contributed by atoms with Crippen LogP contribution in [0.15, 0.2) is 47.4 Å². The van der Waals surface area contributed by atoms with E-state index in [2.05, 4.69) is 81.8 Å². The Morgan fingerprint density at radius 3 is 2.10 bits per heavy atom. The minimum Gasteiger partial charge on any atom is -0.326 e. The first-order valence-electron chi connectivity index (χ1n) is 6.97. The quantitative estimate of drug-likeness (QED) is 0.724. The third-order valence-electron chi connectivity index (χ3n) is 3.34. The van der Waals surface area contributed by atoms with Crippen molar-refractivity contribution in [2.24, 2.45) is 0 Å². The fourth-order valence-corrected chi connectivity index (χ4v) is 2.93. The normalized spacial score (nSPS) is 11.4. The first-order valence-corrected chi connectivity index (χ1v) is 7.78. The number of benzene rings is 2. The number of anilines is 1. The molecule has 0 unspecified atom stereocenters. The van der Waals surface area contributed by atoms with Crippen molar-refractivity contribution in [2.75, 3.05) is 4.72 Å². The molecule has 2 aromatic carbocycles. The van der Waals surface area contributed by atoms with Crippen molar-refractivity contribution in [1.29, 1.82) is 0 Å². The van der Waals surface area contributed by atoms with Crippen LogP contribution >= 0.6 is 11.9 Å². The van der Waals surface area contributed by atoms with Gasteiger partial charge in [0.25, 0.3) is 0 Å². The fourth-order valence-electron chi connectivity index (χ4n) is 2.29. The van der Waals surface area contributed by atoms with Gasteiger partial charge >= 0.3 is 0 Å². The maximum absolute atomic E-state index is 3.42. The predicted octanol–water partition coefficient (Wildman–Crippen LogP) is 5.72. The molecule has 20 heavy (non-hydrogen) atoms. The van der Waals surface area contributed by atoms with Crippen LogP contribution in [0.3, 0.4) is 0 Å². The van der Waals surface area contributed by atoms with Crippen LogP contribution in [0, 0.1) is 13.8 Å². The van der Waals surface area contributed by atoms with Gasteiger partial charge in [0.1, 0.15) is 0 Å². The molecule has 0 saturated heterocycles. The van der Waals surface area contributed by atoms with E-state index in [1.54, 1.807) is 11.9 Å². The van der Waals surface area contributed by atoms with Crippen LogP contribution in [0.4, 0.5) is 5.69 Å². The molecule has 0 bridgehead atoms. The molecule has 0 heterocycles. The van der Waals surface area contributed by atoms with E-state index in [0.29, 0.717) is 0 Å². The third-order valence-corrected chi connectivity index (χ3v) is 4.19. The summed E-state index contributed by atoms with van der Waals surface area (Å²) in [4.78, 5) is 1.23. The van der Waals surface area contributed by atoms with E-state index < -0.39 is 0 Å². The SMILES string of the molecule is Cc1ccc(SNc2ccc(C(C)(C)C)c(C)c2)cc1. The smallest absolute Gasteiger partial charge is 0.0446 e. The van der Waals surface area contributed by atoms with Crippen molar-refractivity contribution >= 4 is 17.6 Å². The molecule has 0 saturated carbocycles. The summed E-state index contributed by atoms with van der Waals surface area (Å²) in [6.07, 6.45) is 0. The number of aryl methyl sites for hydroxylation is 2. The molecular weight excluding hydrogens is 262 g/mol. The predicted molar refractivity (Wildman–Crippen MR) is 90.5 cm³/mol. The highest BCUT2D eigenvalue weighted by molar-refractivity contribution is 8.00. The molecule has 0 aliphatic heterocycles. The summed E-state index contributed by atoms with van der Waals surface area (Å²) >= 11 is 1.65. The van der Waals surface area contributed by atoms with Gasteiger partial charge in [-0.1, -0.05) is 44.5 Å². The average molecular weight is 285 g/mol. The highest BCUT2D eigenvalue weighted by Crippen LogP contribution is 2.29. The summed E-state index contributed by atoms with van der Waals surface area (Å²) in [5.74, 6) is 0. The van der Waals surface area contributed by atoms with E-state index >= 15 is 0 Å². The monoisotopic (exact) mass is 285 g/mol. The Labute approximate surface area is 126 Å². The summed E-state index contributed by atoms with van der Waals surface area (Å²) in [7, 11) is 0. The topological polar surface area (TPSA) is 12.0 Å². The lowest BCUT2D eigenvalue weighted by atomic mass is 9.84. The lowest BCUT2D eigenvalue weighted by molar-refractivity contribution is 0.586. The lowest BCUT2D eigenvalue weighted by Crippen LogP contribution is -2.12. The second kappa shape index (κ2) is 5.92. The van der Waals surface area contributed by atoms with Gasteiger partial charge in [-0.25, -0.2) is 0 Å². The fraction of sp³-hybridized carbons (Fsp3) is 0.333. The molecule has 0 amide bonds. The summed E-state index contributed by atoms with van der Waals surface area (Å²) in [6, 6.07) is 15.2. The Morgan fingerprint density at radius 1 is 0.900 bits per heavy atom. The molecule has 2 heteroatoms. The average Bonchev–Trinajstić information content (AvgIpc) is 2.36. The van der Waals surface area contributed by atoms with E-state index in [9.17, 15) is 0 Å². The Balaban J connectivity index is 2.07. The van der Waals surface area contributed by atoms with Crippen LogP contribution in [0.25, 0.3) is 0 Å². The van der Waals surface area contributed by atoms with Gasteiger partial charge in [-0.15, -0.1) is 0 Å². The molecule has 0 radical (unpaired) electrons. The lowest BCUT2D eigenvalue weighted by Gasteiger charge is -2.22. The van der Waals surface area contributed by atoms with Crippen LogP contribution in [0.2, 0.25) is 0 Å². The summed E-state index contributed by atoms with van der Waals surface area (Å²) in [5, 5.41) is 0. The van der Waals surface area contributed by atoms with E-state index in [1.807, 2.05) is 0 Å². The van der Waals surface area contributed by atoms with E-state index in [-0.39, 0.29) is 5.41 Å². The molecule has 2 rings (SSSR count). The second-order valence-corrected chi connectivity index (χ2v) is 7.18. The molecule has 1 N–H and O–H groups in total. The van der Waals surface area contributed by atoms with Crippen molar-refractivity contribution in [1.82, 2.24) is 0 Å². The number of hydrogen-bond acceptors (Lipinski definition) is 2. The molecule has 0 aliphatic carbocycles. The molecular formula is C18H23NS. The van der Waals surface area contributed by atoms with E-state index in [4.69, 9.17) is 0 Å². The minimum absolute atomic E-state index is 0.201. The van der Waals surface area contributed by atoms with Gasteiger partial charge in [-0.05, 0) is 66.6 Å². The highest BCUT2D eigenvalue weighted by Gasteiger charge is 2.15. The van der Waals surface area contributed by atoms with E-state index in [0.717, 1.165) is 5.69 Å². The van der Waals surface area contributed by atoms with Crippen LogP contribution in [0.1, 0.15) is 37.5 Å². The zero-order valence-corrected chi connectivity index (χ0v) is 13.8. The van der Waals surface area contributed by atoms with Gasteiger partial charge in [-0.2, -0.15) is 0 Å². The van der Waals surface area contributed by atoms with Gasteiger partial charge < -0.3 is 4.72 Å². The van der Waals surface area contributed by atoms with Crippen molar-refractivity contribution < 1.29 is 0 Å². The van der Waals surface area contributed by atoms with E-state index in [1.165, 1.54) is 21.6 Å². The summed E-state index contributed by atoms with van der Waals surface area (Å²) in [6.45, 7) is 11.1. The Morgan fingerprint density at radius 2 is 1.55 bits per heavy atom. The van der Waals surface area contributed by atoms with Crippen LogP contribution in [-0.4, -0.2) is 0 Å². The summed E-state index contributed by atoms with van der Waals surface area (Å²) < 4.78 is 3.42. The summed E-state index contributed by atoms with van der Waals surface area (Å²) in [5.41, 5.74) is 5.39. The molecule has 1 nitrogen and oxygen atoms in total. The Hall–Kier alpha value is -1.41. The number of hydrogen-bond donors (Lipinski definition) is 1. The maximum Gasteiger partial charge on any atom is 0.0446 e. The molecule has 106 valence electrons. The first kappa shape index (κ1) is 15.0. The maximum atomic E-state index is 3.42. The minimum atomic E-state index is 0.201. The van der Waals surface area contributed by atoms with Crippen molar-refractivity contribution in [2.45, 2.75) is 44.9 Å². The second-order valence-electron chi connectivity index (χ2n) is 6.30. The molecule has 0 aliphatic rings. The largest absolute Gasteiger partial charge is 0.326 e. The molecule has 0 aromatic heterocycles. The van der Waals surface area contributed by atoms with Crippen molar-refractivity contribution in [3.05, 3.63) is 59.2 Å². The highest BCUT2D eigenvalue weighted by atomic mass is 32.2. The Kier molecular flexibility index (Phi) is 4.44. The standard InChI is InChI=1S/C18H23NS/c1-13-6-9-16(10-7-13)20-19-15-8-11-17(14(2)12-15)18(3,4)5/h6-12,19H,1-5H3. The molecule has 2 aromatic rings. The van der Waals surface area contributed by atoms with Gasteiger partial charge in [0.2, 0.25) is 0 Å². The van der Waals surface area contributed by atoms with Crippen molar-refractivity contribution in [3.63, 3.8) is 0 Å². The third kappa shape index (κ3) is 3.80. The Bertz CT molecular complexity index is 579. The van der Waals surface area contributed by atoms with Crippen LogP contribution in [-0.2, 0) is 5.41 Å². The first-order chi connectivity index (χ1) is 9.36. The van der Waals surface area contributed by atoms with Gasteiger partial charge in [0, 0.05) is 10.6 Å². The van der Waals surface area contributed by atoms with Gasteiger partial charge in [0.05, 0.1) is 0 Å². The zero-order valence-electron chi connectivity index (χ0n) is 12.9. The number of nitrogens with one attached hydrogen (secondary N) is 1. The molecule has 0 fully saturated rings. The molecule has 0 atom stereocenters. The van der Waals surface area contributed by atoms with Crippen molar-refractivity contribution in [3.8, 4) is 0 Å². The molecule has 0 spiro atoms. The number of rotatable bonds is 3. The van der Waals surface area contributed by atoms with Gasteiger partial charge in [0.15, 0.2) is 0 Å². The van der Waals surface area contributed by atoms with Gasteiger partial charge in [-0.3, -0.25) is 0 Å². The van der Waals surface area contributed by atoms with Crippen LogP contribution < -0.4 is 4.72 Å². The zero-order chi connectivity index (χ0) is 14.8.